The minimum Gasteiger partial charge on any atom is -0.369 e. The molecule has 0 aliphatic rings. The molecule has 0 atom stereocenters. The molecule has 0 amide bonds. The zero-order chi connectivity index (χ0) is 14.3. The van der Waals surface area contributed by atoms with Crippen LogP contribution in [0.25, 0.3) is 11.0 Å². The molecular weight excluding hydrogens is 255 g/mol. The number of nitrogens with two attached hydrogens (primary N) is 1. The predicted octanol–water partition coefficient (Wildman–Crippen LogP) is 2.82. The number of nitrogen functional groups attached to an aromatic ring is 1. The van der Waals surface area contributed by atoms with Crippen molar-refractivity contribution in [2.75, 3.05) is 5.73 Å². The number of hydrogen-bond acceptors (Lipinski definition) is 3. The Hall–Kier alpha value is -2.43. The Kier molecular flexibility index (Phi) is 2.89. The second-order valence-electron chi connectivity index (χ2n) is 4.96. The van der Waals surface area contributed by atoms with Gasteiger partial charge >= 0.3 is 0 Å². The molecule has 0 aliphatic heterocycles. The van der Waals surface area contributed by atoms with E-state index in [1.165, 1.54) is 0 Å². The van der Waals surface area contributed by atoms with E-state index in [1.54, 1.807) is 26.2 Å². The average molecular weight is 270 g/mol. The Labute approximate surface area is 116 Å². The number of imidazole rings is 1. The number of benzene rings is 1. The maximum atomic E-state index is 13.7. The van der Waals surface area contributed by atoms with E-state index in [1.807, 2.05) is 22.8 Å². The molecule has 0 saturated heterocycles. The minimum atomic E-state index is -0.151. The maximum absolute atomic E-state index is 13.7. The number of fused-ring (bicyclic) bond motifs is 1. The van der Waals surface area contributed by atoms with E-state index in [9.17, 15) is 4.39 Å². The molecular formula is C15H15FN4. The average Bonchev–Trinajstić information content (AvgIpc) is 2.73. The number of halogens is 1. The third-order valence-corrected chi connectivity index (χ3v) is 3.42. The first kappa shape index (κ1) is 12.6. The summed E-state index contributed by atoms with van der Waals surface area (Å²) in [6.45, 7) is 4.10. The van der Waals surface area contributed by atoms with Gasteiger partial charge in [-0.25, -0.2) is 9.37 Å². The number of aromatic nitrogens is 3. The van der Waals surface area contributed by atoms with Crippen LogP contribution < -0.4 is 5.73 Å². The highest BCUT2D eigenvalue weighted by molar-refractivity contribution is 5.77. The molecule has 1 aromatic carbocycles. The second kappa shape index (κ2) is 4.59. The van der Waals surface area contributed by atoms with Gasteiger partial charge in [-0.05, 0) is 36.6 Å². The highest BCUT2D eigenvalue weighted by atomic mass is 19.1. The molecule has 0 aliphatic carbocycles. The van der Waals surface area contributed by atoms with Gasteiger partial charge < -0.3 is 10.3 Å². The normalized spacial score (nSPS) is 11.2. The lowest BCUT2D eigenvalue weighted by atomic mass is 10.1. The number of aryl methyl sites for hydroxylation is 2. The summed E-state index contributed by atoms with van der Waals surface area (Å²) in [6.07, 6.45) is 3.39. The lowest BCUT2D eigenvalue weighted by molar-refractivity contribution is 0.607. The van der Waals surface area contributed by atoms with Crippen molar-refractivity contribution in [3.8, 4) is 0 Å². The fourth-order valence-electron chi connectivity index (χ4n) is 2.48. The molecule has 5 heteroatoms. The van der Waals surface area contributed by atoms with Crippen molar-refractivity contribution in [3.63, 3.8) is 0 Å². The van der Waals surface area contributed by atoms with Crippen molar-refractivity contribution in [2.45, 2.75) is 20.4 Å². The van der Waals surface area contributed by atoms with Crippen LogP contribution in [0, 0.1) is 19.7 Å². The Balaban J connectivity index is 2.07. The van der Waals surface area contributed by atoms with Gasteiger partial charge in [0.15, 0.2) is 0 Å². The molecule has 4 nitrogen and oxygen atoms in total. The van der Waals surface area contributed by atoms with Crippen LogP contribution in [0.5, 0.6) is 0 Å². The maximum Gasteiger partial charge on any atom is 0.201 e. The van der Waals surface area contributed by atoms with Crippen LogP contribution >= 0.6 is 0 Å². The van der Waals surface area contributed by atoms with Crippen molar-refractivity contribution < 1.29 is 4.39 Å². The third kappa shape index (κ3) is 2.01. The van der Waals surface area contributed by atoms with Gasteiger partial charge in [-0.3, -0.25) is 4.98 Å². The van der Waals surface area contributed by atoms with Gasteiger partial charge in [-0.2, -0.15) is 0 Å². The Morgan fingerprint density at radius 2 is 1.95 bits per heavy atom. The molecule has 102 valence electrons. The van der Waals surface area contributed by atoms with Crippen LogP contribution in [0.15, 0.2) is 30.6 Å². The molecule has 2 aromatic heterocycles. The van der Waals surface area contributed by atoms with E-state index in [0.717, 1.165) is 16.6 Å². The van der Waals surface area contributed by atoms with Crippen molar-refractivity contribution in [3.05, 3.63) is 53.1 Å². The number of hydrogen-bond donors (Lipinski definition) is 1. The van der Waals surface area contributed by atoms with E-state index < -0.39 is 0 Å². The van der Waals surface area contributed by atoms with Gasteiger partial charge in [0.2, 0.25) is 5.95 Å². The monoisotopic (exact) mass is 270 g/mol. The van der Waals surface area contributed by atoms with Crippen molar-refractivity contribution >= 4 is 17.0 Å². The molecule has 20 heavy (non-hydrogen) atoms. The van der Waals surface area contributed by atoms with Gasteiger partial charge in [0.25, 0.3) is 0 Å². The van der Waals surface area contributed by atoms with E-state index >= 15 is 0 Å². The summed E-state index contributed by atoms with van der Waals surface area (Å²) in [5.41, 5.74) is 9.94. The number of pyridine rings is 1. The molecule has 0 unspecified atom stereocenters. The fourth-order valence-corrected chi connectivity index (χ4v) is 2.48. The minimum absolute atomic E-state index is 0.151. The topological polar surface area (TPSA) is 56.7 Å². The lowest BCUT2D eigenvalue weighted by Crippen LogP contribution is -2.05. The summed E-state index contributed by atoms with van der Waals surface area (Å²) in [5, 5.41) is 0. The highest BCUT2D eigenvalue weighted by Gasteiger charge is 2.10. The molecule has 0 spiro atoms. The first-order valence-electron chi connectivity index (χ1n) is 6.37. The summed E-state index contributed by atoms with van der Waals surface area (Å²) in [6, 6.07) is 5.56. The molecule has 0 fully saturated rings. The first-order valence-corrected chi connectivity index (χ1v) is 6.37. The number of rotatable bonds is 2. The van der Waals surface area contributed by atoms with E-state index in [2.05, 4.69) is 9.97 Å². The zero-order valence-electron chi connectivity index (χ0n) is 11.4. The van der Waals surface area contributed by atoms with Gasteiger partial charge in [0.05, 0.1) is 18.3 Å². The number of anilines is 1. The van der Waals surface area contributed by atoms with E-state index in [4.69, 9.17) is 5.73 Å². The SMILES string of the molecule is Cc1cc(Cn2c(N)nc3cnccc32)cc(C)c1F. The standard InChI is InChI=1S/C15H15FN4/c1-9-5-11(6-10(2)14(9)16)8-20-13-3-4-18-7-12(13)19-15(20)17/h3-7H,8H2,1-2H3,(H2,17,19). The predicted molar refractivity (Wildman–Crippen MR) is 76.9 cm³/mol. The Bertz CT molecular complexity index is 769. The lowest BCUT2D eigenvalue weighted by Gasteiger charge is -2.09. The van der Waals surface area contributed by atoms with E-state index in [-0.39, 0.29) is 5.82 Å². The quantitative estimate of drug-likeness (QED) is 0.779. The van der Waals surface area contributed by atoms with Crippen LogP contribution in [0.1, 0.15) is 16.7 Å². The number of nitrogens with zero attached hydrogens (tertiary/aromatic N) is 3. The molecule has 3 rings (SSSR count). The molecule has 0 bridgehead atoms. The highest BCUT2D eigenvalue weighted by Crippen LogP contribution is 2.20. The fraction of sp³-hybridized carbons (Fsp3) is 0.200. The first-order chi connectivity index (χ1) is 9.56. The molecule has 0 radical (unpaired) electrons. The summed E-state index contributed by atoms with van der Waals surface area (Å²) in [7, 11) is 0. The molecule has 0 saturated carbocycles. The summed E-state index contributed by atoms with van der Waals surface area (Å²) < 4.78 is 15.6. The van der Waals surface area contributed by atoms with E-state index in [0.29, 0.717) is 23.6 Å². The third-order valence-electron chi connectivity index (χ3n) is 3.42. The Morgan fingerprint density at radius 3 is 2.65 bits per heavy atom. The molecule has 2 heterocycles. The second-order valence-corrected chi connectivity index (χ2v) is 4.96. The van der Waals surface area contributed by atoms with Crippen LogP contribution in [0.2, 0.25) is 0 Å². The van der Waals surface area contributed by atoms with Gasteiger partial charge in [-0.1, -0.05) is 12.1 Å². The van der Waals surface area contributed by atoms with Crippen molar-refractivity contribution in [1.82, 2.24) is 14.5 Å². The Morgan fingerprint density at radius 1 is 1.25 bits per heavy atom. The van der Waals surface area contributed by atoms with Crippen molar-refractivity contribution in [1.29, 1.82) is 0 Å². The van der Waals surface area contributed by atoms with Gasteiger partial charge in [0.1, 0.15) is 11.3 Å². The smallest absolute Gasteiger partial charge is 0.201 e. The summed E-state index contributed by atoms with van der Waals surface area (Å²) in [5.74, 6) is 0.286. The summed E-state index contributed by atoms with van der Waals surface area (Å²) >= 11 is 0. The summed E-state index contributed by atoms with van der Waals surface area (Å²) in [4.78, 5) is 8.31. The van der Waals surface area contributed by atoms with Crippen LogP contribution in [0.4, 0.5) is 10.3 Å². The van der Waals surface area contributed by atoms with Gasteiger partial charge in [-0.15, -0.1) is 0 Å². The van der Waals surface area contributed by atoms with Gasteiger partial charge in [0, 0.05) is 6.20 Å². The largest absolute Gasteiger partial charge is 0.369 e. The molecule has 2 N–H and O–H groups in total. The zero-order valence-corrected chi connectivity index (χ0v) is 11.4. The van der Waals surface area contributed by atoms with Crippen molar-refractivity contribution in [2.24, 2.45) is 0 Å². The molecule has 3 aromatic rings. The van der Waals surface area contributed by atoms with Crippen LogP contribution in [0.3, 0.4) is 0 Å². The van der Waals surface area contributed by atoms with Crippen LogP contribution in [-0.4, -0.2) is 14.5 Å². The van der Waals surface area contributed by atoms with Crippen LogP contribution in [-0.2, 0) is 6.54 Å².